The maximum absolute atomic E-state index is 12.2. The average molecular weight is 318 g/mol. The fourth-order valence-electron chi connectivity index (χ4n) is 2.99. The number of aliphatic hydroxyl groups is 1. The molecule has 2 heterocycles. The smallest absolute Gasteiger partial charge is 0.315 e. The van der Waals surface area contributed by atoms with Gasteiger partial charge in [-0.25, -0.2) is 4.79 Å². The zero-order valence-corrected chi connectivity index (χ0v) is 13.4. The number of fused-ring (bicyclic) bond motifs is 1. The van der Waals surface area contributed by atoms with E-state index in [1.807, 2.05) is 17.9 Å². The number of aromatic nitrogens is 2. The SMILES string of the molecule is Cn1ncc2c1CCC[C@H]2NC(=O)NC[C@@](C)(O)c1ccco1. The zero-order valence-electron chi connectivity index (χ0n) is 13.4. The molecule has 3 N–H and O–H groups in total. The van der Waals surface area contributed by atoms with E-state index >= 15 is 0 Å². The molecule has 0 radical (unpaired) electrons. The Bertz CT molecular complexity index is 676. The Labute approximate surface area is 134 Å². The molecule has 124 valence electrons. The quantitative estimate of drug-likeness (QED) is 0.798. The molecule has 0 saturated carbocycles. The van der Waals surface area contributed by atoms with Crippen LogP contribution in [0.5, 0.6) is 0 Å². The molecule has 1 aliphatic rings. The van der Waals surface area contributed by atoms with E-state index in [1.165, 1.54) is 12.0 Å². The lowest BCUT2D eigenvalue weighted by atomic mass is 9.93. The minimum Gasteiger partial charge on any atom is -0.466 e. The van der Waals surface area contributed by atoms with Crippen LogP contribution in [-0.4, -0.2) is 27.5 Å². The summed E-state index contributed by atoms with van der Waals surface area (Å²) in [6.45, 7) is 1.67. The zero-order chi connectivity index (χ0) is 16.4. The van der Waals surface area contributed by atoms with Crippen molar-refractivity contribution in [3.63, 3.8) is 0 Å². The number of rotatable bonds is 4. The van der Waals surface area contributed by atoms with Gasteiger partial charge >= 0.3 is 6.03 Å². The highest BCUT2D eigenvalue weighted by atomic mass is 16.4. The molecule has 2 aromatic rings. The summed E-state index contributed by atoms with van der Waals surface area (Å²) in [5.74, 6) is 0.421. The normalized spacial score (nSPS) is 19.7. The third-order valence-electron chi connectivity index (χ3n) is 4.33. The molecule has 2 aromatic heterocycles. The van der Waals surface area contributed by atoms with Crippen LogP contribution in [0.3, 0.4) is 0 Å². The van der Waals surface area contributed by atoms with Gasteiger partial charge in [0.1, 0.15) is 11.4 Å². The number of aryl methyl sites for hydroxylation is 1. The van der Waals surface area contributed by atoms with Crippen LogP contribution < -0.4 is 10.6 Å². The number of hydrogen-bond donors (Lipinski definition) is 3. The first-order chi connectivity index (χ1) is 11.0. The molecular weight excluding hydrogens is 296 g/mol. The topological polar surface area (TPSA) is 92.3 Å². The Balaban J connectivity index is 1.58. The summed E-state index contributed by atoms with van der Waals surface area (Å²) in [7, 11) is 1.92. The number of carbonyl (C=O) groups is 1. The number of nitrogens with one attached hydrogen (secondary N) is 2. The molecule has 0 aromatic carbocycles. The summed E-state index contributed by atoms with van der Waals surface area (Å²) in [6, 6.07) is 3.04. The Morgan fingerprint density at radius 2 is 2.43 bits per heavy atom. The van der Waals surface area contributed by atoms with Crippen molar-refractivity contribution < 1.29 is 14.3 Å². The van der Waals surface area contributed by atoms with Gasteiger partial charge in [-0.3, -0.25) is 4.68 Å². The summed E-state index contributed by atoms with van der Waals surface area (Å²) in [5.41, 5.74) is 1.00. The third kappa shape index (κ3) is 3.24. The van der Waals surface area contributed by atoms with Crippen molar-refractivity contribution in [1.29, 1.82) is 0 Å². The largest absolute Gasteiger partial charge is 0.466 e. The number of amides is 2. The fraction of sp³-hybridized carbons (Fsp3) is 0.500. The van der Waals surface area contributed by atoms with Gasteiger partial charge in [0.2, 0.25) is 0 Å². The van der Waals surface area contributed by atoms with Crippen LogP contribution >= 0.6 is 0 Å². The summed E-state index contributed by atoms with van der Waals surface area (Å²) >= 11 is 0. The van der Waals surface area contributed by atoms with Gasteiger partial charge < -0.3 is 20.2 Å². The molecule has 3 rings (SSSR count). The minimum absolute atomic E-state index is 0.0407. The summed E-state index contributed by atoms with van der Waals surface area (Å²) in [5, 5.41) is 20.3. The van der Waals surface area contributed by atoms with Gasteiger partial charge in [-0.2, -0.15) is 5.10 Å². The van der Waals surface area contributed by atoms with Crippen molar-refractivity contribution in [3.05, 3.63) is 41.6 Å². The molecular formula is C16H22N4O3. The first-order valence-electron chi connectivity index (χ1n) is 7.79. The van der Waals surface area contributed by atoms with E-state index in [0.29, 0.717) is 5.76 Å². The second kappa shape index (κ2) is 6.08. The van der Waals surface area contributed by atoms with Crippen molar-refractivity contribution in [2.45, 2.75) is 37.8 Å². The Morgan fingerprint density at radius 1 is 1.61 bits per heavy atom. The lowest BCUT2D eigenvalue weighted by Crippen LogP contribution is -2.44. The van der Waals surface area contributed by atoms with E-state index in [4.69, 9.17) is 4.42 Å². The Morgan fingerprint density at radius 3 is 3.17 bits per heavy atom. The molecule has 1 aliphatic carbocycles. The summed E-state index contributed by atoms with van der Waals surface area (Å²) in [6.07, 6.45) is 6.20. The van der Waals surface area contributed by atoms with E-state index in [1.54, 1.807) is 19.1 Å². The Kier molecular flexibility index (Phi) is 4.12. The molecule has 0 unspecified atom stereocenters. The van der Waals surface area contributed by atoms with Crippen LogP contribution in [0.2, 0.25) is 0 Å². The lowest BCUT2D eigenvalue weighted by molar-refractivity contribution is 0.0366. The van der Waals surface area contributed by atoms with Crippen LogP contribution in [0.25, 0.3) is 0 Å². The number of urea groups is 1. The predicted octanol–water partition coefficient (Wildman–Crippen LogP) is 1.60. The van der Waals surface area contributed by atoms with Crippen LogP contribution in [-0.2, 0) is 19.1 Å². The third-order valence-corrected chi connectivity index (χ3v) is 4.33. The van der Waals surface area contributed by atoms with Crippen molar-refractivity contribution in [3.8, 4) is 0 Å². The maximum Gasteiger partial charge on any atom is 0.315 e. The molecule has 7 heteroatoms. The number of carbonyl (C=O) groups excluding carboxylic acids is 1. The molecule has 23 heavy (non-hydrogen) atoms. The van der Waals surface area contributed by atoms with Gasteiger partial charge in [0.25, 0.3) is 0 Å². The van der Waals surface area contributed by atoms with E-state index in [0.717, 1.165) is 24.8 Å². The van der Waals surface area contributed by atoms with Crippen molar-refractivity contribution >= 4 is 6.03 Å². The van der Waals surface area contributed by atoms with Crippen molar-refractivity contribution in [1.82, 2.24) is 20.4 Å². The molecule has 0 spiro atoms. The van der Waals surface area contributed by atoms with Crippen molar-refractivity contribution in [2.24, 2.45) is 7.05 Å². The predicted molar refractivity (Wildman–Crippen MR) is 83.7 cm³/mol. The van der Waals surface area contributed by atoms with Gasteiger partial charge in [-0.1, -0.05) is 0 Å². The molecule has 0 saturated heterocycles. The fourth-order valence-corrected chi connectivity index (χ4v) is 2.99. The molecule has 0 aliphatic heterocycles. The highest BCUT2D eigenvalue weighted by Gasteiger charge is 2.28. The Hall–Kier alpha value is -2.28. The number of nitrogens with zero attached hydrogens (tertiary/aromatic N) is 2. The van der Waals surface area contributed by atoms with Crippen LogP contribution in [0.4, 0.5) is 4.79 Å². The van der Waals surface area contributed by atoms with Crippen LogP contribution in [0.15, 0.2) is 29.0 Å². The van der Waals surface area contributed by atoms with Gasteiger partial charge in [-0.15, -0.1) is 0 Å². The lowest BCUT2D eigenvalue weighted by Gasteiger charge is -2.25. The maximum atomic E-state index is 12.2. The molecule has 2 amide bonds. The second-order valence-electron chi connectivity index (χ2n) is 6.19. The molecule has 7 nitrogen and oxygen atoms in total. The minimum atomic E-state index is -1.24. The monoisotopic (exact) mass is 318 g/mol. The van der Waals surface area contributed by atoms with Gasteiger partial charge in [-0.05, 0) is 38.3 Å². The first-order valence-corrected chi connectivity index (χ1v) is 7.79. The van der Waals surface area contributed by atoms with Crippen LogP contribution in [0, 0.1) is 0 Å². The number of furan rings is 1. The molecule has 0 bridgehead atoms. The van der Waals surface area contributed by atoms with Gasteiger partial charge in [0, 0.05) is 18.3 Å². The van der Waals surface area contributed by atoms with Crippen molar-refractivity contribution in [2.75, 3.05) is 6.54 Å². The van der Waals surface area contributed by atoms with Crippen LogP contribution in [0.1, 0.15) is 42.8 Å². The first kappa shape index (κ1) is 15.6. The molecule has 2 atom stereocenters. The molecule has 0 fully saturated rings. The highest BCUT2D eigenvalue weighted by Crippen LogP contribution is 2.29. The summed E-state index contributed by atoms with van der Waals surface area (Å²) < 4.78 is 7.06. The summed E-state index contributed by atoms with van der Waals surface area (Å²) in [4.78, 5) is 12.2. The van der Waals surface area contributed by atoms with E-state index in [9.17, 15) is 9.90 Å². The highest BCUT2D eigenvalue weighted by molar-refractivity contribution is 5.74. The standard InChI is InChI=1S/C16H22N4O3/c1-16(22,14-7-4-8-23-14)10-17-15(21)19-12-5-3-6-13-11(12)9-18-20(13)2/h4,7-9,12,22H,3,5-6,10H2,1-2H3,(H2,17,19,21)/t12-,16-/m1/s1. The van der Waals surface area contributed by atoms with Gasteiger partial charge in [0.15, 0.2) is 0 Å². The average Bonchev–Trinajstić information content (AvgIpc) is 3.17. The number of hydrogen-bond acceptors (Lipinski definition) is 4. The second-order valence-corrected chi connectivity index (χ2v) is 6.19. The van der Waals surface area contributed by atoms with Gasteiger partial charge in [0.05, 0.1) is 25.0 Å². The van der Waals surface area contributed by atoms with E-state index in [-0.39, 0.29) is 18.6 Å². The van der Waals surface area contributed by atoms with E-state index in [2.05, 4.69) is 15.7 Å². The van der Waals surface area contributed by atoms with E-state index < -0.39 is 5.60 Å².